The van der Waals surface area contributed by atoms with Crippen molar-refractivity contribution in [3.8, 4) is 0 Å². The fourth-order valence-corrected chi connectivity index (χ4v) is 2.45. The Morgan fingerprint density at radius 3 is 2.68 bits per heavy atom. The van der Waals surface area contributed by atoms with E-state index in [-0.39, 0.29) is 10.6 Å². The van der Waals surface area contributed by atoms with Gasteiger partial charge in [-0.3, -0.25) is 10.1 Å². The lowest BCUT2D eigenvalue weighted by Crippen LogP contribution is -2.14. The highest BCUT2D eigenvalue weighted by molar-refractivity contribution is 5.43. The normalized spacial score (nSPS) is 16.9. The van der Waals surface area contributed by atoms with Gasteiger partial charge in [0, 0.05) is 31.4 Å². The van der Waals surface area contributed by atoms with Gasteiger partial charge in [0.2, 0.25) is 0 Å². The number of allylic oxidation sites excluding steroid dienone is 3. The third-order valence-corrected chi connectivity index (χ3v) is 3.43. The molecular formula is C15H14N2O2. The molecule has 0 fully saturated rings. The Bertz CT molecular complexity index is 597. The highest BCUT2D eigenvalue weighted by Gasteiger charge is 2.18. The Morgan fingerprint density at radius 1 is 1.21 bits per heavy atom. The van der Waals surface area contributed by atoms with E-state index in [9.17, 15) is 10.1 Å². The summed E-state index contributed by atoms with van der Waals surface area (Å²) in [4.78, 5) is 12.5. The van der Waals surface area contributed by atoms with E-state index in [1.165, 1.54) is 11.1 Å². The Balaban J connectivity index is 1.70. The summed E-state index contributed by atoms with van der Waals surface area (Å²) in [5, 5.41) is 10.6. The van der Waals surface area contributed by atoms with Crippen molar-refractivity contribution in [2.24, 2.45) is 0 Å². The van der Waals surface area contributed by atoms with Gasteiger partial charge in [0.25, 0.3) is 5.69 Å². The smallest absolute Gasteiger partial charge is 0.269 e. The molecule has 1 aromatic carbocycles. The second kappa shape index (κ2) is 4.72. The van der Waals surface area contributed by atoms with E-state index in [0.717, 1.165) is 25.1 Å². The van der Waals surface area contributed by atoms with Crippen molar-refractivity contribution < 1.29 is 4.92 Å². The van der Waals surface area contributed by atoms with Crippen LogP contribution in [0.5, 0.6) is 0 Å². The van der Waals surface area contributed by atoms with Crippen molar-refractivity contribution in [1.29, 1.82) is 0 Å². The summed E-state index contributed by atoms with van der Waals surface area (Å²) in [6.45, 7) is 1.72. The molecule has 0 unspecified atom stereocenters. The maximum absolute atomic E-state index is 10.6. The molecule has 4 heteroatoms. The molecule has 0 bridgehead atoms. The first kappa shape index (κ1) is 11.7. The van der Waals surface area contributed by atoms with Crippen LogP contribution in [0.25, 0.3) is 0 Å². The summed E-state index contributed by atoms with van der Waals surface area (Å²) < 4.78 is 0. The number of hydrogen-bond donors (Lipinski definition) is 0. The Hall–Kier alpha value is -2.36. The van der Waals surface area contributed by atoms with Gasteiger partial charge in [-0.25, -0.2) is 0 Å². The minimum absolute atomic E-state index is 0.143. The van der Waals surface area contributed by atoms with Crippen LogP contribution in [0, 0.1) is 10.1 Å². The summed E-state index contributed by atoms with van der Waals surface area (Å²) >= 11 is 0. The van der Waals surface area contributed by atoms with E-state index >= 15 is 0 Å². The molecule has 0 aromatic heterocycles. The average Bonchev–Trinajstić information content (AvgIpc) is 2.81. The van der Waals surface area contributed by atoms with Crippen LogP contribution in [0.2, 0.25) is 0 Å². The SMILES string of the molecule is O=[N+]([O-])c1ccc(CN2C=C3CC=CC=C3C2)cc1. The first-order valence-corrected chi connectivity index (χ1v) is 6.26. The quantitative estimate of drug-likeness (QED) is 0.614. The molecule has 19 heavy (non-hydrogen) atoms. The Morgan fingerprint density at radius 2 is 2.00 bits per heavy atom. The lowest BCUT2D eigenvalue weighted by Gasteiger charge is -2.15. The topological polar surface area (TPSA) is 46.4 Å². The lowest BCUT2D eigenvalue weighted by molar-refractivity contribution is -0.384. The van der Waals surface area contributed by atoms with Crippen LogP contribution in [0.3, 0.4) is 0 Å². The van der Waals surface area contributed by atoms with Crippen LogP contribution >= 0.6 is 0 Å². The van der Waals surface area contributed by atoms with Crippen molar-refractivity contribution in [3.05, 3.63) is 75.5 Å². The van der Waals surface area contributed by atoms with Gasteiger partial charge < -0.3 is 4.90 Å². The van der Waals surface area contributed by atoms with Crippen molar-refractivity contribution in [1.82, 2.24) is 4.90 Å². The monoisotopic (exact) mass is 254 g/mol. The van der Waals surface area contributed by atoms with Crippen LogP contribution in [0.15, 0.2) is 59.8 Å². The molecule has 0 saturated carbocycles. The fourth-order valence-electron chi connectivity index (χ4n) is 2.45. The first-order chi connectivity index (χ1) is 9.22. The number of fused-ring (bicyclic) bond motifs is 1. The summed E-state index contributed by atoms with van der Waals surface area (Å²) in [6.07, 6.45) is 9.61. The number of nitro groups is 1. The Labute approximate surface area is 111 Å². The van der Waals surface area contributed by atoms with E-state index in [4.69, 9.17) is 0 Å². The van der Waals surface area contributed by atoms with Crippen molar-refractivity contribution in [2.75, 3.05) is 6.54 Å². The molecule has 1 heterocycles. The second-order valence-electron chi connectivity index (χ2n) is 4.81. The third kappa shape index (κ3) is 2.42. The van der Waals surface area contributed by atoms with Gasteiger partial charge in [0.05, 0.1) is 4.92 Å². The molecule has 0 saturated heterocycles. The second-order valence-corrected chi connectivity index (χ2v) is 4.81. The van der Waals surface area contributed by atoms with Crippen molar-refractivity contribution in [3.63, 3.8) is 0 Å². The average molecular weight is 254 g/mol. The summed E-state index contributed by atoms with van der Waals surface area (Å²) in [7, 11) is 0. The maximum Gasteiger partial charge on any atom is 0.269 e. The molecule has 4 nitrogen and oxygen atoms in total. The zero-order valence-corrected chi connectivity index (χ0v) is 10.5. The molecule has 0 N–H and O–H groups in total. The maximum atomic E-state index is 10.6. The van der Waals surface area contributed by atoms with E-state index in [2.05, 4.69) is 29.3 Å². The van der Waals surface area contributed by atoms with Crippen molar-refractivity contribution >= 4 is 5.69 Å². The van der Waals surface area contributed by atoms with Gasteiger partial charge in [0.1, 0.15) is 0 Å². The predicted molar refractivity (Wildman–Crippen MR) is 73.4 cm³/mol. The minimum atomic E-state index is -0.368. The third-order valence-electron chi connectivity index (χ3n) is 3.43. The first-order valence-electron chi connectivity index (χ1n) is 6.26. The molecule has 0 amide bonds. The molecule has 1 aliphatic heterocycles. The zero-order chi connectivity index (χ0) is 13.2. The Kier molecular flexibility index (Phi) is 2.91. The number of rotatable bonds is 3. The standard InChI is InChI=1S/C15H14N2O2/c18-17(19)15-7-5-12(6-8-15)9-16-10-13-3-1-2-4-14(13)11-16/h1-3,5-8,11H,4,9-10H2. The van der Waals surface area contributed by atoms with Gasteiger partial charge in [-0.05, 0) is 23.1 Å². The molecular weight excluding hydrogens is 240 g/mol. The van der Waals surface area contributed by atoms with Gasteiger partial charge >= 0.3 is 0 Å². The van der Waals surface area contributed by atoms with E-state index in [1.54, 1.807) is 12.1 Å². The van der Waals surface area contributed by atoms with Crippen molar-refractivity contribution in [2.45, 2.75) is 13.0 Å². The van der Waals surface area contributed by atoms with E-state index in [1.807, 2.05) is 12.1 Å². The summed E-state index contributed by atoms with van der Waals surface area (Å²) in [6, 6.07) is 6.77. The van der Waals surface area contributed by atoms with E-state index in [0.29, 0.717) is 0 Å². The van der Waals surface area contributed by atoms with E-state index < -0.39 is 0 Å². The lowest BCUT2D eigenvalue weighted by atomic mass is 10.0. The highest BCUT2D eigenvalue weighted by atomic mass is 16.6. The number of hydrogen-bond acceptors (Lipinski definition) is 3. The number of benzene rings is 1. The predicted octanol–water partition coefficient (Wildman–Crippen LogP) is 3.18. The zero-order valence-electron chi connectivity index (χ0n) is 10.5. The largest absolute Gasteiger partial charge is 0.369 e. The number of nitrogens with zero attached hydrogens (tertiary/aromatic N) is 2. The summed E-state index contributed by atoms with van der Waals surface area (Å²) in [5.41, 5.74) is 3.99. The highest BCUT2D eigenvalue weighted by Crippen LogP contribution is 2.28. The molecule has 96 valence electrons. The van der Waals surface area contributed by atoms with Crippen LogP contribution in [-0.2, 0) is 6.54 Å². The molecule has 3 rings (SSSR count). The van der Waals surface area contributed by atoms with Gasteiger partial charge in [0.15, 0.2) is 0 Å². The fraction of sp³-hybridized carbons (Fsp3) is 0.200. The molecule has 1 aliphatic carbocycles. The van der Waals surface area contributed by atoms with Crippen LogP contribution in [0.1, 0.15) is 12.0 Å². The van der Waals surface area contributed by atoms with Crippen LogP contribution < -0.4 is 0 Å². The number of nitro benzene ring substituents is 1. The van der Waals surface area contributed by atoms with Crippen LogP contribution in [0.4, 0.5) is 5.69 Å². The van der Waals surface area contributed by atoms with Gasteiger partial charge in [-0.1, -0.05) is 30.4 Å². The molecule has 0 radical (unpaired) electrons. The minimum Gasteiger partial charge on any atom is -0.369 e. The molecule has 0 atom stereocenters. The van der Waals surface area contributed by atoms with Gasteiger partial charge in [-0.15, -0.1) is 0 Å². The molecule has 0 spiro atoms. The molecule has 1 aromatic rings. The van der Waals surface area contributed by atoms with Gasteiger partial charge in [-0.2, -0.15) is 0 Å². The molecule has 2 aliphatic rings. The van der Waals surface area contributed by atoms with Crippen LogP contribution in [-0.4, -0.2) is 16.4 Å². The number of non-ortho nitro benzene ring substituents is 1. The summed E-state index contributed by atoms with van der Waals surface area (Å²) in [5.74, 6) is 0.